The zero-order valence-electron chi connectivity index (χ0n) is 24.7. The van der Waals surface area contributed by atoms with Crippen LogP contribution in [-0.2, 0) is 19.6 Å². The van der Waals surface area contributed by atoms with Gasteiger partial charge in [-0.05, 0) is 12.3 Å². The molecule has 4 heterocycles. The number of benzene rings is 2. The molecule has 1 amide bonds. The van der Waals surface area contributed by atoms with Crippen LogP contribution in [0.3, 0.4) is 0 Å². The molecule has 10 nitrogen and oxygen atoms in total. The minimum absolute atomic E-state index is 0. The summed E-state index contributed by atoms with van der Waals surface area (Å²) in [5.41, 5.74) is 6.96. The molecule has 0 radical (unpaired) electrons. The normalized spacial score (nSPS) is 19.4. The topological polar surface area (TPSA) is 116 Å². The van der Waals surface area contributed by atoms with Crippen molar-refractivity contribution in [2.24, 2.45) is 11.7 Å². The molecule has 1 aromatic heterocycles. The fourth-order valence-corrected chi connectivity index (χ4v) is 8.31. The number of ether oxygens (including phenoxy) is 3. The Hall–Kier alpha value is -3.42. The molecule has 0 spiro atoms. The Bertz CT molecular complexity index is 1670. The van der Waals surface area contributed by atoms with E-state index in [1.54, 1.807) is 11.0 Å². The fraction of sp³-hybridized carbons (Fsp3) is 0.387. The van der Waals surface area contributed by atoms with Crippen LogP contribution in [0.2, 0.25) is 0 Å². The van der Waals surface area contributed by atoms with Crippen LogP contribution < -0.4 is 25.4 Å². The molecule has 0 unspecified atom stereocenters. The van der Waals surface area contributed by atoms with E-state index in [0.29, 0.717) is 17.3 Å². The number of pyridine rings is 1. The molecule has 3 aliphatic rings. The second-order valence-electron chi connectivity index (χ2n) is 11.3. The van der Waals surface area contributed by atoms with Crippen LogP contribution in [0.15, 0.2) is 53.5 Å². The summed E-state index contributed by atoms with van der Waals surface area (Å²) in [4.78, 5) is 41.2. The number of carbonyl (C=O) groups excluding carboxylic acids is 2. The van der Waals surface area contributed by atoms with E-state index in [2.05, 4.69) is 0 Å². The molecule has 3 aromatic rings. The Labute approximate surface area is 272 Å². The van der Waals surface area contributed by atoms with Gasteiger partial charge in [0.2, 0.25) is 0 Å². The fourth-order valence-electron chi connectivity index (χ4n) is 5.97. The zero-order chi connectivity index (χ0) is 31.1. The van der Waals surface area contributed by atoms with Gasteiger partial charge in [-0.15, -0.1) is 0 Å². The standard InChI is InChI=1S/C31H32F2N4O6Se.H2S/c1-17(2)13-22(34)31(40)43-16-42-29-23(38)9-10-36-28(29)30(39)35-11-12-41-14-25(35)37(36)27-18-7-8-21(32)26(33)20(18)15-44-24-6-4-3-5-19(24)27;/h3-10,17,22,25,27H,11-16,34H2,1-2H3;1H2/t22-,25+,27-;/m0./s1. The average molecular weight is 708 g/mol. The number of halogens is 2. The molecular weight excluding hydrogens is 673 g/mol. The number of nitrogens with zero attached hydrogens (tertiary/aromatic N) is 3. The molecule has 0 bridgehead atoms. The van der Waals surface area contributed by atoms with Crippen molar-refractivity contribution < 1.29 is 32.6 Å². The maximum absolute atomic E-state index is 15.4. The Kier molecular flexibility index (Phi) is 9.90. The van der Waals surface area contributed by atoms with Crippen molar-refractivity contribution in [3.05, 3.63) is 92.9 Å². The van der Waals surface area contributed by atoms with Crippen molar-refractivity contribution in [2.75, 3.05) is 31.6 Å². The number of carbonyl (C=O) groups is 2. The van der Waals surface area contributed by atoms with Gasteiger partial charge >= 0.3 is 227 Å². The molecule has 14 heteroatoms. The molecule has 45 heavy (non-hydrogen) atoms. The Morgan fingerprint density at radius 3 is 2.69 bits per heavy atom. The van der Waals surface area contributed by atoms with Gasteiger partial charge in [0, 0.05) is 0 Å². The van der Waals surface area contributed by atoms with Crippen LogP contribution in [0.25, 0.3) is 0 Å². The van der Waals surface area contributed by atoms with E-state index in [9.17, 15) is 18.8 Å². The van der Waals surface area contributed by atoms with Crippen molar-refractivity contribution in [2.45, 2.75) is 43.8 Å². The number of aromatic nitrogens is 1. The second kappa shape index (κ2) is 13.5. The first-order valence-corrected chi connectivity index (χ1v) is 16.4. The van der Waals surface area contributed by atoms with Gasteiger partial charge in [-0.1, -0.05) is 13.8 Å². The summed E-state index contributed by atoms with van der Waals surface area (Å²) in [5.74, 6) is -3.11. The minimum atomic E-state index is -0.928. The van der Waals surface area contributed by atoms with Crippen molar-refractivity contribution in [3.8, 4) is 5.75 Å². The van der Waals surface area contributed by atoms with Crippen LogP contribution in [0.4, 0.5) is 8.78 Å². The summed E-state index contributed by atoms with van der Waals surface area (Å²) in [5, 5.41) is 2.20. The average Bonchev–Trinajstić information content (AvgIpc) is 3.17. The number of esters is 1. The molecule has 6 rings (SSSR count). The van der Waals surface area contributed by atoms with Gasteiger partial charge in [-0.3, -0.25) is 0 Å². The molecule has 2 N–H and O–H groups in total. The van der Waals surface area contributed by atoms with Gasteiger partial charge in [-0.2, -0.15) is 13.5 Å². The minimum Gasteiger partial charge on any atom is -0.197 e. The summed E-state index contributed by atoms with van der Waals surface area (Å²) < 4.78 is 49.2. The first kappa shape index (κ1) is 33.0. The summed E-state index contributed by atoms with van der Waals surface area (Å²) in [6, 6.07) is 10.1. The van der Waals surface area contributed by atoms with Crippen LogP contribution >= 0.6 is 13.5 Å². The van der Waals surface area contributed by atoms with Gasteiger partial charge in [0.15, 0.2) is 0 Å². The number of hydrogen-bond donors (Lipinski definition) is 1. The molecule has 1 saturated heterocycles. The quantitative estimate of drug-likeness (QED) is 0.225. The van der Waals surface area contributed by atoms with E-state index in [1.807, 2.05) is 43.1 Å². The molecule has 3 aliphatic heterocycles. The van der Waals surface area contributed by atoms with E-state index in [4.69, 9.17) is 19.9 Å². The Morgan fingerprint density at radius 1 is 1.13 bits per heavy atom. The Morgan fingerprint density at radius 2 is 1.91 bits per heavy atom. The van der Waals surface area contributed by atoms with Crippen molar-refractivity contribution in [1.29, 1.82) is 0 Å². The van der Waals surface area contributed by atoms with Gasteiger partial charge in [-0.25, -0.2) is 0 Å². The SMILES string of the molecule is CC(C)C[C@H](N)C(=O)OCOc1c2n(ccc1=O)N([C@@H]1c3ccccc3[Se]Cc3c1ccc(F)c3F)[C@@H]1COCCN1C2=O.S. The van der Waals surface area contributed by atoms with Crippen LogP contribution in [0, 0.1) is 17.6 Å². The first-order chi connectivity index (χ1) is 21.2. The molecule has 3 atom stereocenters. The van der Waals surface area contributed by atoms with Crippen LogP contribution in [0.5, 0.6) is 5.75 Å². The van der Waals surface area contributed by atoms with E-state index >= 15 is 4.39 Å². The van der Waals surface area contributed by atoms with Crippen LogP contribution in [-0.4, -0.2) is 75.2 Å². The smallest absolute Gasteiger partial charge is 0.197 e. The third-order valence-electron chi connectivity index (χ3n) is 7.97. The molecule has 2 aromatic carbocycles. The summed E-state index contributed by atoms with van der Waals surface area (Å²) in [6.45, 7) is 3.86. The van der Waals surface area contributed by atoms with Crippen molar-refractivity contribution >= 4 is 44.8 Å². The van der Waals surface area contributed by atoms with E-state index in [0.717, 1.165) is 16.1 Å². The third-order valence-corrected chi connectivity index (χ3v) is 10.3. The number of hydrogen-bond acceptors (Lipinski definition) is 8. The van der Waals surface area contributed by atoms with Gasteiger partial charge < -0.3 is 5.73 Å². The van der Waals surface area contributed by atoms with E-state index in [-0.39, 0.29) is 71.1 Å². The number of rotatable bonds is 7. The molecule has 0 saturated carbocycles. The summed E-state index contributed by atoms with van der Waals surface area (Å²) in [6.07, 6.45) is 1.23. The number of amides is 1. The number of fused-ring (bicyclic) bond motifs is 4. The maximum atomic E-state index is 15.4. The van der Waals surface area contributed by atoms with Crippen molar-refractivity contribution in [3.63, 3.8) is 0 Å². The number of nitrogens with two attached hydrogens (primary N) is 1. The summed E-state index contributed by atoms with van der Waals surface area (Å²) in [7, 11) is 0. The van der Waals surface area contributed by atoms with E-state index < -0.39 is 54.0 Å². The van der Waals surface area contributed by atoms with E-state index in [1.165, 1.54) is 16.9 Å². The maximum Gasteiger partial charge on any atom is -0.197 e. The second-order valence-corrected chi connectivity index (χ2v) is 13.4. The van der Waals surface area contributed by atoms with Crippen molar-refractivity contribution in [1.82, 2.24) is 9.58 Å². The molecule has 0 aliphatic carbocycles. The van der Waals surface area contributed by atoms with Gasteiger partial charge in [0.25, 0.3) is 0 Å². The Balaban J connectivity index is 0.00000400. The summed E-state index contributed by atoms with van der Waals surface area (Å²) >= 11 is -0.204. The largest absolute Gasteiger partial charge is 0.197 e. The number of morpholine rings is 1. The predicted molar refractivity (Wildman–Crippen MR) is 168 cm³/mol. The van der Waals surface area contributed by atoms with Crippen LogP contribution in [0.1, 0.15) is 53.5 Å². The molecule has 1 fully saturated rings. The first-order valence-electron chi connectivity index (χ1n) is 14.3. The zero-order valence-corrected chi connectivity index (χ0v) is 27.4. The van der Waals surface area contributed by atoms with Gasteiger partial charge in [0.1, 0.15) is 0 Å². The third kappa shape index (κ3) is 6.09. The monoisotopic (exact) mass is 708 g/mol. The molecule has 240 valence electrons. The van der Waals surface area contributed by atoms with Gasteiger partial charge in [0.05, 0.1) is 0 Å². The predicted octanol–water partition coefficient (Wildman–Crippen LogP) is 1.88. The molecular formula is C31H34F2N4O6SSe.